The first-order valence-corrected chi connectivity index (χ1v) is 10.7. The lowest BCUT2D eigenvalue weighted by Crippen LogP contribution is -2.21. The van der Waals surface area contributed by atoms with Crippen LogP contribution in [0.15, 0.2) is 44.3 Å². The molecule has 1 atom stereocenters. The highest BCUT2D eigenvalue weighted by Crippen LogP contribution is 2.32. The molecule has 2 aromatic rings. The van der Waals surface area contributed by atoms with E-state index < -0.39 is 16.2 Å². The van der Waals surface area contributed by atoms with Gasteiger partial charge in [0.15, 0.2) is 0 Å². The number of nitrogens with zero attached hydrogens (tertiary/aromatic N) is 2. The summed E-state index contributed by atoms with van der Waals surface area (Å²) in [6.45, 7) is 2.16. The number of hydrogen-bond donors (Lipinski definition) is 0. The SMILES string of the molecule is COCC[C@@H](COS(=O)(=O)c1ccc(C)cc1)n1c(C#N)cc(Br)c1Br. The molecule has 1 aromatic heterocycles. The third-order valence-corrected chi connectivity index (χ3v) is 7.03. The van der Waals surface area contributed by atoms with Crippen molar-refractivity contribution >= 4 is 42.0 Å². The van der Waals surface area contributed by atoms with Crippen molar-refractivity contribution in [2.45, 2.75) is 24.3 Å². The lowest BCUT2D eigenvalue weighted by Gasteiger charge is -2.21. The van der Waals surface area contributed by atoms with Crippen molar-refractivity contribution in [1.82, 2.24) is 4.57 Å². The third-order valence-electron chi connectivity index (χ3n) is 3.79. The van der Waals surface area contributed by atoms with Gasteiger partial charge < -0.3 is 9.30 Å². The Morgan fingerprint density at radius 2 is 1.92 bits per heavy atom. The Bertz CT molecular complexity index is 902. The van der Waals surface area contributed by atoms with E-state index in [2.05, 4.69) is 37.9 Å². The van der Waals surface area contributed by atoms with E-state index in [9.17, 15) is 13.7 Å². The number of nitriles is 1. The number of aromatic nitrogens is 1. The van der Waals surface area contributed by atoms with Gasteiger partial charge in [-0.15, -0.1) is 0 Å². The molecule has 0 radical (unpaired) electrons. The van der Waals surface area contributed by atoms with Crippen molar-refractivity contribution in [3.05, 3.63) is 50.7 Å². The summed E-state index contributed by atoms with van der Waals surface area (Å²) >= 11 is 6.80. The summed E-state index contributed by atoms with van der Waals surface area (Å²) in [4.78, 5) is 0.0989. The summed E-state index contributed by atoms with van der Waals surface area (Å²) in [5, 5.41) is 9.36. The normalized spacial score (nSPS) is 12.7. The molecule has 1 heterocycles. The Balaban J connectivity index is 2.26. The van der Waals surface area contributed by atoms with Gasteiger partial charge in [-0.05, 0) is 63.4 Å². The quantitative estimate of drug-likeness (QED) is 0.503. The number of halogens is 2. The van der Waals surface area contributed by atoms with Gasteiger partial charge in [-0.2, -0.15) is 13.7 Å². The molecule has 0 saturated carbocycles. The average Bonchev–Trinajstić information content (AvgIpc) is 2.90. The van der Waals surface area contributed by atoms with Crippen molar-refractivity contribution < 1.29 is 17.3 Å². The zero-order valence-corrected chi connectivity index (χ0v) is 18.3. The second-order valence-electron chi connectivity index (χ2n) is 5.64. The van der Waals surface area contributed by atoms with E-state index in [4.69, 9.17) is 8.92 Å². The van der Waals surface area contributed by atoms with Crippen LogP contribution in [0.5, 0.6) is 0 Å². The monoisotopic (exact) mass is 504 g/mol. The largest absolute Gasteiger partial charge is 0.385 e. The van der Waals surface area contributed by atoms with Gasteiger partial charge >= 0.3 is 0 Å². The highest BCUT2D eigenvalue weighted by atomic mass is 79.9. The maximum Gasteiger partial charge on any atom is 0.297 e. The van der Waals surface area contributed by atoms with E-state index in [1.807, 2.05) is 6.92 Å². The molecule has 6 nitrogen and oxygen atoms in total. The number of aryl methyl sites for hydroxylation is 1. The van der Waals surface area contributed by atoms with Crippen molar-refractivity contribution in [3.63, 3.8) is 0 Å². The van der Waals surface area contributed by atoms with E-state index in [-0.39, 0.29) is 11.5 Å². The van der Waals surface area contributed by atoms with E-state index in [0.29, 0.717) is 27.8 Å². The van der Waals surface area contributed by atoms with Crippen LogP contribution >= 0.6 is 31.9 Å². The smallest absolute Gasteiger partial charge is 0.297 e. The lowest BCUT2D eigenvalue weighted by atomic mass is 10.2. The summed E-state index contributed by atoms with van der Waals surface area (Å²) < 4.78 is 38.3. The molecule has 2 rings (SSSR count). The number of benzene rings is 1. The number of rotatable bonds is 8. The highest BCUT2D eigenvalue weighted by molar-refractivity contribution is 9.13. The minimum absolute atomic E-state index is 0.0989. The summed E-state index contributed by atoms with van der Waals surface area (Å²) in [6, 6.07) is 9.83. The van der Waals surface area contributed by atoms with Crippen LogP contribution in [0.3, 0.4) is 0 Å². The molecule has 0 fully saturated rings. The first-order chi connectivity index (χ1) is 12.3. The Labute approximate surface area is 170 Å². The minimum atomic E-state index is -3.89. The first kappa shape index (κ1) is 21.1. The Morgan fingerprint density at radius 1 is 1.27 bits per heavy atom. The van der Waals surface area contributed by atoms with Gasteiger partial charge in [0, 0.05) is 13.7 Å². The second-order valence-corrected chi connectivity index (χ2v) is 8.86. The zero-order valence-electron chi connectivity index (χ0n) is 14.3. The fourth-order valence-electron chi connectivity index (χ4n) is 2.40. The summed E-state index contributed by atoms with van der Waals surface area (Å²) in [5.41, 5.74) is 1.35. The van der Waals surface area contributed by atoms with Crippen molar-refractivity contribution in [1.29, 1.82) is 5.26 Å². The molecule has 0 unspecified atom stereocenters. The van der Waals surface area contributed by atoms with Crippen LogP contribution in [0.4, 0.5) is 0 Å². The lowest BCUT2D eigenvalue weighted by molar-refractivity contribution is 0.157. The first-order valence-electron chi connectivity index (χ1n) is 7.71. The van der Waals surface area contributed by atoms with Crippen LogP contribution in [-0.2, 0) is 19.0 Å². The molecule has 0 aliphatic rings. The molecule has 0 bridgehead atoms. The van der Waals surface area contributed by atoms with Gasteiger partial charge in [0.2, 0.25) is 0 Å². The molecule has 0 aliphatic heterocycles. The molecule has 1 aromatic carbocycles. The number of ether oxygens (including phenoxy) is 1. The van der Waals surface area contributed by atoms with Crippen LogP contribution in [0.2, 0.25) is 0 Å². The molecule has 0 N–H and O–H groups in total. The molecule has 0 amide bonds. The van der Waals surface area contributed by atoms with Gasteiger partial charge in [0.25, 0.3) is 10.1 Å². The predicted molar refractivity (Wildman–Crippen MR) is 104 cm³/mol. The van der Waals surface area contributed by atoms with Crippen LogP contribution in [-0.4, -0.2) is 33.3 Å². The molecule has 0 aliphatic carbocycles. The molecule has 9 heteroatoms. The van der Waals surface area contributed by atoms with E-state index in [0.717, 1.165) is 5.56 Å². The van der Waals surface area contributed by atoms with E-state index in [1.165, 1.54) is 12.1 Å². The van der Waals surface area contributed by atoms with Crippen molar-refractivity contribution in [3.8, 4) is 6.07 Å². The van der Waals surface area contributed by atoms with Crippen LogP contribution in [0.1, 0.15) is 23.7 Å². The predicted octanol–water partition coefficient (Wildman–Crippen LogP) is 4.18. The molecule has 140 valence electrons. The second kappa shape index (κ2) is 9.15. The van der Waals surface area contributed by atoms with Gasteiger partial charge in [-0.1, -0.05) is 17.7 Å². The fraction of sp³-hybridized carbons (Fsp3) is 0.353. The number of hydrogen-bond acceptors (Lipinski definition) is 5. The average molecular weight is 506 g/mol. The highest BCUT2D eigenvalue weighted by Gasteiger charge is 2.23. The third kappa shape index (κ3) is 4.96. The van der Waals surface area contributed by atoms with Gasteiger partial charge in [-0.3, -0.25) is 4.18 Å². The van der Waals surface area contributed by atoms with Gasteiger partial charge in [-0.25, -0.2) is 0 Å². The van der Waals surface area contributed by atoms with Gasteiger partial charge in [0.05, 0.1) is 22.0 Å². The Kier molecular flexibility index (Phi) is 7.43. The molecule has 0 saturated heterocycles. The summed E-state index contributed by atoms with van der Waals surface area (Å²) in [5.74, 6) is 0. The topological polar surface area (TPSA) is 81.3 Å². The van der Waals surface area contributed by atoms with E-state index in [1.54, 1.807) is 29.9 Å². The minimum Gasteiger partial charge on any atom is -0.385 e. The maximum atomic E-state index is 12.4. The standard InChI is InChI=1S/C17H18Br2N2O4S/c1-12-3-5-15(6-4-12)26(22,23)25-11-13(7-8-24-2)21-14(10-20)9-16(18)17(21)19/h3-6,9,13H,7-8,11H2,1-2H3/t13-/m0/s1. The Morgan fingerprint density at radius 3 is 2.50 bits per heavy atom. The molecule has 0 spiro atoms. The van der Waals surface area contributed by atoms with Crippen LogP contribution in [0, 0.1) is 18.3 Å². The van der Waals surface area contributed by atoms with Crippen LogP contribution < -0.4 is 0 Å². The van der Waals surface area contributed by atoms with E-state index >= 15 is 0 Å². The summed E-state index contributed by atoms with van der Waals surface area (Å²) in [6.07, 6.45) is 0.480. The molecular weight excluding hydrogens is 488 g/mol. The van der Waals surface area contributed by atoms with Crippen molar-refractivity contribution in [2.75, 3.05) is 20.3 Å². The van der Waals surface area contributed by atoms with Crippen molar-refractivity contribution in [2.24, 2.45) is 0 Å². The Hall–Kier alpha value is -1.18. The van der Waals surface area contributed by atoms with Gasteiger partial charge in [0.1, 0.15) is 16.4 Å². The molecule has 26 heavy (non-hydrogen) atoms. The fourth-order valence-corrected chi connectivity index (χ4v) is 4.34. The van der Waals surface area contributed by atoms with Crippen LogP contribution in [0.25, 0.3) is 0 Å². The number of methoxy groups -OCH3 is 1. The maximum absolute atomic E-state index is 12.4. The molecular formula is C17H18Br2N2O4S. The summed E-state index contributed by atoms with van der Waals surface area (Å²) in [7, 11) is -2.33. The zero-order chi connectivity index (χ0) is 19.3.